The molecule has 27 heavy (non-hydrogen) atoms. The van der Waals surface area contributed by atoms with E-state index in [2.05, 4.69) is 68.4 Å². The SMILES string of the molecule is CC1(C)[C@@H]2[C@H](c3ccccc3)c3ccccc3[C@@H](C(=O)c3ccccc3)[C@@H]21. The van der Waals surface area contributed by atoms with Crippen LogP contribution in [0.3, 0.4) is 0 Å². The van der Waals surface area contributed by atoms with Gasteiger partial charge in [0.05, 0.1) is 5.92 Å². The summed E-state index contributed by atoms with van der Waals surface area (Å²) in [5.41, 5.74) is 4.93. The first-order valence-electron chi connectivity index (χ1n) is 9.83. The van der Waals surface area contributed by atoms with Crippen molar-refractivity contribution in [3.05, 3.63) is 107 Å². The summed E-state index contributed by atoms with van der Waals surface area (Å²) in [6.45, 7) is 4.69. The van der Waals surface area contributed by atoms with E-state index in [9.17, 15) is 4.79 Å². The van der Waals surface area contributed by atoms with Crippen LogP contribution in [-0.2, 0) is 0 Å². The Kier molecular flexibility index (Phi) is 3.62. The minimum atomic E-state index is -0.0384. The molecular weight excluding hydrogens is 328 g/mol. The highest BCUT2D eigenvalue weighted by Crippen LogP contribution is 2.73. The van der Waals surface area contributed by atoms with Gasteiger partial charge in [0.25, 0.3) is 0 Å². The first kappa shape index (κ1) is 16.5. The summed E-state index contributed by atoms with van der Waals surface area (Å²) in [6, 6.07) is 29.3. The smallest absolute Gasteiger partial charge is 0.170 e. The maximum atomic E-state index is 13.5. The fraction of sp³-hybridized carbons (Fsp3) is 0.269. The zero-order valence-electron chi connectivity index (χ0n) is 15.8. The van der Waals surface area contributed by atoms with Gasteiger partial charge in [-0.25, -0.2) is 0 Å². The number of fused-ring (bicyclic) bond motifs is 2. The van der Waals surface area contributed by atoms with Gasteiger partial charge in [-0.1, -0.05) is 98.8 Å². The molecule has 0 N–H and O–H groups in total. The minimum absolute atomic E-state index is 0.0384. The molecule has 4 atom stereocenters. The van der Waals surface area contributed by atoms with Gasteiger partial charge < -0.3 is 0 Å². The molecule has 0 aliphatic heterocycles. The fourth-order valence-electron chi connectivity index (χ4n) is 5.59. The van der Waals surface area contributed by atoms with Crippen LogP contribution in [0.25, 0.3) is 0 Å². The maximum absolute atomic E-state index is 13.5. The second-order valence-electron chi connectivity index (χ2n) is 8.60. The molecule has 1 saturated carbocycles. The first-order chi connectivity index (χ1) is 13.1. The molecule has 134 valence electrons. The van der Waals surface area contributed by atoms with E-state index in [-0.39, 0.29) is 17.1 Å². The summed E-state index contributed by atoms with van der Waals surface area (Å²) in [5, 5.41) is 0. The molecule has 0 heterocycles. The minimum Gasteiger partial charge on any atom is -0.293 e. The molecule has 2 aliphatic rings. The van der Waals surface area contributed by atoms with Gasteiger partial charge in [-0.3, -0.25) is 4.79 Å². The largest absolute Gasteiger partial charge is 0.293 e. The van der Waals surface area contributed by atoms with Gasteiger partial charge in [-0.2, -0.15) is 0 Å². The van der Waals surface area contributed by atoms with Crippen LogP contribution in [0.2, 0.25) is 0 Å². The van der Waals surface area contributed by atoms with Crippen molar-refractivity contribution in [2.75, 3.05) is 0 Å². The number of hydrogen-bond donors (Lipinski definition) is 0. The van der Waals surface area contributed by atoms with Gasteiger partial charge in [0.15, 0.2) is 5.78 Å². The average Bonchev–Trinajstić information content (AvgIpc) is 3.28. The first-order valence-corrected chi connectivity index (χ1v) is 9.83. The number of carbonyl (C=O) groups is 1. The number of carbonyl (C=O) groups excluding carboxylic acids is 1. The van der Waals surface area contributed by atoms with E-state index < -0.39 is 0 Å². The average molecular weight is 352 g/mol. The third kappa shape index (κ3) is 2.41. The molecule has 1 heteroatoms. The molecule has 0 saturated heterocycles. The van der Waals surface area contributed by atoms with E-state index in [0.717, 1.165) is 5.56 Å². The molecule has 3 aromatic rings. The van der Waals surface area contributed by atoms with Crippen LogP contribution in [0.4, 0.5) is 0 Å². The zero-order valence-corrected chi connectivity index (χ0v) is 15.8. The topological polar surface area (TPSA) is 17.1 Å². The van der Waals surface area contributed by atoms with E-state index in [0.29, 0.717) is 17.8 Å². The Hall–Kier alpha value is -2.67. The van der Waals surface area contributed by atoms with Crippen molar-refractivity contribution < 1.29 is 4.79 Å². The Labute approximate surface area is 161 Å². The molecule has 0 radical (unpaired) electrons. The van der Waals surface area contributed by atoms with Crippen molar-refractivity contribution in [1.82, 2.24) is 0 Å². The summed E-state index contributed by atoms with van der Waals surface area (Å²) in [5.74, 6) is 1.51. The summed E-state index contributed by atoms with van der Waals surface area (Å²) in [4.78, 5) is 13.5. The number of hydrogen-bond acceptors (Lipinski definition) is 1. The lowest BCUT2D eigenvalue weighted by Crippen LogP contribution is -2.24. The van der Waals surface area contributed by atoms with Crippen LogP contribution >= 0.6 is 0 Å². The lowest BCUT2D eigenvalue weighted by molar-refractivity contribution is 0.0938. The van der Waals surface area contributed by atoms with Crippen LogP contribution in [0, 0.1) is 17.3 Å². The van der Waals surface area contributed by atoms with E-state index in [1.807, 2.05) is 30.3 Å². The van der Waals surface area contributed by atoms with Crippen molar-refractivity contribution in [3.8, 4) is 0 Å². The second-order valence-corrected chi connectivity index (χ2v) is 8.60. The third-order valence-electron chi connectivity index (χ3n) is 6.88. The number of benzene rings is 3. The molecule has 3 aromatic carbocycles. The highest BCUT2D eigenvalue weighted by Gasteiger charge is 2.67. The second kappa shape index (κ2) is 5.92. The number of Topliss-reactive ketones (excluding diaryl/α,β-unsaturated/α-hetero) is 1. The summed E-state index contributed by atoms with van der Waals surface area (Å²) in [6.07, 6.45) is 0. The van der Waals surface area contributed by atoms with Crippen LogP contribution in [0.5, 0.6) is 0 Å². The van der Waals surface area contributed by atoms with Gasteiger partial charge >= 0.3 is 0 Å². The van der Waals surface area contributed by atoms with Gasteiger partial charge in [-0.15, -0.1) is 0 Å². The number of ketones is 1. The fourth-order valence-corrected chi connectivity index (χ4v) is 5.59. The zero-order chi connectivity index (χ0) is 18.6. The molecule has 0 aromatic heterocycles. The molecule has 0 amide bonds. The Morgan fingerprint density at radius 3 is 1.93 bits per heavy atom. The van der Waals surface area contributed by atoms with Gasteiger partial charge in [0, 0.05) is 11.5 Å². The summed E-state index contributed by atoms with van der Waals surface area (Å²) >= 11 is 0. The monoisotopic (exact) mass is 352 g/mol. The van der Waals surface area contributed by atoms with E-state index in [1.54, 1.807) is 0 Å². The normalized spacial score (nSPS) is 27.3. The summed E-state index contributed by atoms with van der Waals surface area (Å²) < 4.78 is 0. The van der Waals surface area contributed by atoms with Crippen LogP contribution < -0.4 is 0 Å². The standard InChI is InChI=1S/C26H24O/c1-26(2)23-21(17-11-5-3-6-12-17)19-15-9-10-16-20(19)22(24(23)26)25(27)18-13-7-4-8-14-18/h3-16,21-24H,1-2H3/t21-,22-,23-,24+/m1/s1. The molecule has 0 spiro atoms. The van der Waals surface area contributed by atoms with Crippen molar-refractivity contribution >= 4 is 5.78 Å². The molecule has 1 fully saturated rings. The van der Waals surface area contributed by atoms with Crippen LogP contribution in [0.15, 0.2) is 84.9 Å². The van der Waals surface area contributed by atoms with Crippen molar-refractivity contribution in [1.29, 1.82) is 0 Å². The third-order valence-corrected chi connectivity index (χ3v) is 6.88. The predicted molar refractivity (Wildman–Crippen MR) is 109 cm³/mol. The highest BCUT2D eigenvalue weighted by molar-refractivity contribution is 6.02. The Bertz CT molecular complexity index is 987. The van der Waals surface area contributed by atoms with E-state index in [1.165, 1.54) is 16.7 Å². The van der Waals surface area contributed by atoms with Crippen molar-refractivity contribution in [3.63, 3.8) is 0 Å². The quantitative estimate of drug-likeness (QED) is 0.523. The molecule has 1 nitrogen and oxygen atoms in total. The van der Waals surface area contributed by atoms with Gasteiger partial charge in [-0.05, 0) is 33.9 Å². The number of rotatable bonds is 3. The maximum Gasteiger partial charge on any atom is 0.170 e. The molecule has 5 rings (SSSR count). The summed E-state index contributed by atoms with van der Waals surface area (Å²) in [7, 11) is 0. The van der Waals surface area contributed by atoms with Crippen LogP contribution in [0.1, 0.15) is 52.7 Å². The van der Waals surface area contributed by atoms with E-state index in [4.69, 9.17) is 0 Å². The Morgan fingerprint density at radius 2 is 1.26 bits per heavy atom. The predicted octanol–water partition coefficient (Wildman–Crippen LogP) is 6.07. The lowest BCUT2D eigenvalue weighted by Gasteiger charge is -2.31. The van der Waals surface area contributed by atoms with Crippen LogP contribution in [-0.4, -0.2) is 5.78 Å². The molecule has 0 unspecified atom stereocenters. The van der Waals surface area contributed by atoms with Gasteiger partial charge in [0.1, 0.15) is 0 Å². The lowest BCUT2D eigenvalue weighted by atomic mass is 9.72. The van der Waals surface area contributed by atoms with Crippen molar-refractivity contribution in [2.45, 2.75) is 25.7 Å². The highest BCUT2D eigenvalue weighted by atomic mass is 16.1. The van der Waals surface area contributed by atoms with Gasteiger partial charge in [0.2, 0.25) is 0 Å². The van der Waals surface area contributed by atoms with Crippen molar-refractivity contribution in [2.24, 2.45) is 17.3 Å². The Balaban J connectivity index is 1.67. The molecule has 0 bridgehead atoms. The molecular formula is C26H24O. The Morgan fingerprint density at radius 1 is 0.704 bits per heavy atom. The van der Waals surface area contributed by atoms with E-state index >= 15 is 0 Å². The molecule has 2 aliphatic carbocycles.